The summed E-state index contributed by atoms with van der Waals surface area (Å²) in [7, 11) is -4.12. The number of carbonyl (C=O) groups excluding carboxylic acids is 1. The molecule has 9 heteroatoms. The minimum Gasteiger partial charge on any atom is -0.396 e. The number of benzene rings is 1. The van der Waals surface area contributed by atoms with E-state index in [1.807, 2.05) is 11.6 Å². The number of nitrogens with one attached hydrogen (secondary N) is 2. The van der Waals surface area contributed by atoms with E-state index in [1.54, 1.807) is 0 Å². The Labute approximate surface area is 125 Å². The van der Waals surface area contributed by atoms with Crippen molar-refractivity contribution >= 4 is 37.7 Å². The third kappa shape index (κ3) is 4.34. The maximum absolute atomic E-state index is 13.2. The van der Waals surface area contributed by atoms with Crippen LogP contribution >= 0.6 is 15.9 Å². The highest BCUT2D eigenvalue weighted by molar-refractivity contribution is 9.10. The molecule has 0 saturated heterocycles. The van der Waals surface area contributed by atoms with E-state index in [0.29, 0.717) is 6.54 Å². The summed E-state index contributed by atoms with van der Waals surface area (Å²) in [5, 5.41) is 2.41. The second-order valence-corrected chi connectivity index (χ2v) is 6.52. The van der Waals surface area contributed by atoms with Gasteiger partial charge >= 0.3 is 6.03 Å². The highest BCUT2D eigenvalue weighted by Gasteiger charge is 2.22. The molecule has 0 unspecified atom stereocenters. The van der Waals surface area contributed by atoms with Gasteiger partial charge in [-0.25, -0.2) is 22.3 Å². The van der Waals surface area contributed by atoms with E-state index in [2.05, 4.69) is 21.2 Å². The standard InChI is InChI=1S/C11H15BrFN3O3S/c1-2-3-4-15-11(17)16-20(18,19)10-6-9(14)8(13)5-7(10)12/h5-6H,2-4,14H2,1H3,(H2,15,16,17). The van der Waals surface area contributed by atoms with E-state index in [9.17, 15) is 17.6 Å². The first-order valence-electron chi connectivity index (χ1n) is 5.83. The van der Waals surface area contributed by atoms with E-state index >= 15 is 0 Å². The van der Waals surface area contributed by atoms with E-state index in [4.69, 9.17) is 5.73 Å². The van der Waals surface area contributed by atoms with Crippen molar-refractivity contribution in [1.29, 1.82) is 0 Å². The normalized spacial score (nSPS) is 11.2. The molecule has 0 spiro atoms. The van der Waals surface area contributed by atoms with Crippen molar-refractivity contribution in [2.45, 2.75) is 24.7 Å². The number of nitrogen functional groups attached to an aromatic ring is 1. The summed E-state index contributed by atoms with van der Waals surface area (Å²) in [5.74, 6) is -0.747. The largest absolute Gasteiger partial charge is 0.396 e. The van der Waals surface area contributed by atoms with Crippen LogP contribution in [0.4, 0.5) is 14.9 Å². The Morgan fingerprint density at radius 3 is 2.70 bits per heavy atom. The average Bonchev–Trinajstić information content (AvgIpc) is 2.33. The summed E-state index contributed by atoms with van der Waals surface area (Å²) in [5.41, 5.74) is 5.01. The van der Waals surface area contributed by atoms with Gasteiger partial charge in [0.15, 0.2) is 0 Å². The van der Waals surface area contributed by atoms with Crippen molar-refractivity contribution in [3.05, 3.63) is 22.4 Å². The third-order valence-corrected chi connectivity index (χ3v) is 4.67. The molecule has 0 heterocycles. The number of carbonyl (C=O) groups is 1. The zero-order chi connectivity index (χ0) is 15.3. The fraction of sp³-hybridized carbons (Fsp3) is 0.364. The van der Waals surface area contributed by atoms with Crippen molar-refractivity contribution in [2.75, 3.05) is 12.3 Å². The molecule has 1 aromatic carbocycles. The monoisotopic (exact) mass is 367 g/mol. The van der Waals surface area contributed by atoms with Gasteiger partial charge in [0.25, 0.3) is 10.0 Å². The lowest BCUT2D eigenvalue weighted by atomic mass is 10.3. The topological polar surface area (TPSA) is 101 Å². The zero-order valence-electron chi connectivity index (χ0n) is 10.7. The zero-order valence-corrected chi connectivity index (χ0v) is 13.1. The molecule has 0 radical (unpaired) electrons. The van der Waals surface area contributed by atoms with Crippen LogP contribution in [0.5, 0.6) is 0 Å². The molecule has 6 nitrogen and oxygen atoms in total. The second kappa shape index (κ2) is 6.89. The van der Waals surface area contributed by atoms with Gasteiger partial charge in [-0.2, -0.15) is 0 Å². The third-order valence-electron chi connectivity index (χ3n) is 2.38. The maximum Gasteiger partial charge on any atom is 0.328 e. The molecule has 0 saturated carbocycles. The summed E-state index contributed by atoms with van der Waals surface area (Å²) in [4.78, 5) is 11.1. The Kier molecular flexibility index (Phi) is 5.75. The van der Waals surface area contributed by atoms with Crippen molar-refractivity contribution < 1.29 is 17.6 Å². The number of urea groups is 1. The van der Waals surface area contributed by atoms with Gasteiger partial charge in [-0.3, -0.25) is 0 Å². The molecule has 0 aromatic heterocycles. The number of hydrogen-bond donors (Lipinski definition) is 3. The Bertz CT molecular complexity index is 607. The average molecular weight is 368 g/mol. The van der Waals surface area contributed by atoms with Crippen molar-refractivity contribution in [3.63, 3.8) is 0 Å². The number of unbranched alkanes of at least 4 members (excludes halogenated alkanes) is 1. The quantitative estimate of drug-likeness (QED) is 0.546. The molecule has 20 heavy (non-hydrogen) atoms. The Balaban J connectivity index is 2.89. The SMILES string of the molecule is CCCCNC(=O)NS(=O)(=O)c1cc(N)c(F)cc1Br. The number of sulfonamides is 1. The van der Waals surface area contributed by atoms with Crippen LogP contribution < -0.4 is 15.8 Å². The summed E-state index contributed by atoms with van der Waals surface area (Å²) in [6, 6.07) is 1.04. The summed E-state index contributed by atoms with van der Waals surface area (Å²) < 4.78 is 38.9. The van der Waals surface area contributed by atoms with Gasteiger partial charge in [0, 0.05) is 11.0 Å². The van der Waals surface area contributed by atoms with Crippen LogP contribution in [0, 0.1) is 5.82 Å². The van der Waals surface area contributed by atoms with Crippen molar-refractivity contribution in [1.82, 2.24) is 10.0 Å². The van der Waals surface area contributed by atoms with E-state index in [1.165, 1.54) is 0 Å². The highest BCUT2D eigenvalue weighted by Crippen LogP contribution is 2.26. The van der Waals surface area contributed by atoms with Crippen LogP contribution in [0.1, 0.15) is 19.8 Å². The molecule has 4 N–H and O–H groups in total. The molecule has 0 aliphatic carbocycles. The lowest BCUT2D eigenvalue weighted by Crippen LogP contribution is -2.39. The molecule has 0 fully saturated rings. The van der Waals surface area contributed by atoms with Crippen LogP contribution in [0.2, 0.25) is 0 Å². The molecule has 2 amide bonds. The van der Waals surface area contributed by atoms with Gasteiger partial charge in [0.2, 0.25) is 0 Å². The molecule has 0 bridgehead atoms. The predicted octanol–water partition coefficient (Wildman–Crippen LogP) is 1.96. The van der Waals surface area contributed by atoms with Gasteiger partial charge in [-0.05, 0) is 34.5 Å². The van der Waals surface area contributed by atoms with E-state index in [-0.39, 0.29) is 15.1 Å². The molecule has 0 aliphatic rings. The summed E-state index contributed by atoms with van der Waals surface area (Å²) in [6.45, 7) is 2.30. The van der Waals surface area contributed by atoms with E-state index in [0.717, 1.165) is 25.0 Å². The van der Waals surface area contributed by atoms with Gasteiger partial charge in [-0.15, -0.1) is 0 Å². The number of halogens is 2. The Hall–Kier alpha value is -1.35. The number of nitrogens with two attached hydrogens (primary N) is 1. The van der Waals surface area contributed by atoms with Crippen molar-refractivity contribution in [2.24, 2.45) is 0 Å². The number of amides is 2. The molecule has 0 aliphatic heterocycles. The fourth-order valence-electron chi connectivity index (χ4n) is 1.34. The van der Waals surface area contributed by atoms with Crippen molar-refractivity contribution in [3.8, 4) is 0 Å². The predicted molar refractivity (Wildman–Crippen MR) is 77.1 cm³/mol. The summed E-state index contributed by atoms with van der Waals surface area (Å²) >= 11 is 2.92. The fourth-order valence-corrected chi connectivity index (χ4v) is 3.32. The van der Waals surface area contributed by atoms with Crippen LogP contribution in [0.15, 0.2) is 21.5 Å². The number of rotatable bonds is 5. The van der Waals surface area contributed by atoms with Gasteiger partial charge < -0.3 is 11.1 Å². The lowest BCUT2D eigenvalue weighted by Gasteiger charge is -2.10. The van der Waals surface area contributed by atoms with Crippen LogP contribution in [-0.2, 0) is 10.0 Å². The highest BCUT2D eigenvalue weighted by atomic mass is 79.9. The van der Waals surface area contributed by atoms with Crippen LogP contribution in [-0.4, -0.2) is 21.0 Å². The smallest absolute Gasteiger partial charge is 0.328 e. The summed E-state index contributed by atoms with van der Waals surface area (Å²) in [6.07, 6.45) is 1.60. The molecular weight excluding hydrogens is 353 g/mol. The molecule has 0 atom stereocenters. The Morgan fingerprint density at radius 2 is 2.10 bits per heavy atom. The molecule has 112 valence electrons. The Morgan fingerprint density at radius 1 is 1.45 bits per heavy atom. The number of anilines is 1. The lowest BCUT2D eigenvalue weighted by molar-refractivity contribution is 0.245. The maximum atomic E-state index is 13.2. The minimum atomic E-state index is -4.12. The van der Waals surface area contributed by atoms with Gasteiger partial charge in [0.1, 0.15) is 10.7 Å². The number of hydrogen-bond acceptors (Lipinski definition) is 4. The van der Waals surface area contributed by atoms with E-state index < -0.39 is 21.9 Å². The van der Waals surface area contributed by atoms with Crippen LogP contribution in [0.3, 0.4) is 0 Å². The molecule has 1 rings (SSSR count). The molecule has 1 aromatic rings. The van der Waals surface area contributed by atoms with Gasteiger partial charge in [-0.1, -0.05) is 13.3 Å². The first kappa shape index (κ1) is 16.7. The molecular formula is C11H15BrFN3O3S. The second-order valence-electron chi connectivity index (χ2n) is 4.02. The van der Waals surface area contributed by atoms with Crippen LogP contribution in [0.25, 0.3) is 0 Å². The minimum absolute atomic E-state index is 0.0157. The first-order valence-corrected chi connectivity index (χ1v) is 8.10. The first-order chi connectivity index (χ1) is 9.27. The van der Waals surface area contributed by atoms with Gasteiger partial charge in [0.05, 0.1) is 5.69 Å².